The molecule has 5 aromatic rings. The number of hydrogen-bond acceptors (Lipinski definition) is 6. The zero-order valence-corrected chi connectivity index (χ0v) is 21.1. The van der Waals surface area contributed by atoms with Gasteiger partial charge in [0.1, 0.15) is 5.75 Å². The Hall–Kier alpha value is -4.01. The predicted molar refractivity (Wildman–Crippen MR) is 142 cm³/mol. The fourth-order valence-corrected chi connectivity index (χ4v) is 4.93. The van der Waals surface area contributed by atoms with E-state index in [1.165, 1.54) is 11.3 Å². The lowest BCUT2D eigenvalue weighted by atomic mass is 10.1. The first-order valence-electron chi connectivity index (χ1n) is 11.1. The van der Waals surface area contributed by atoms with Crippen molar-refractivity contribution in [1.82, 2.24) is 14.5 Å². The zero-order valence-electron chi connectivity index (χ0n) is 19.5. The third-order valence-electron chi connectivity index (χ3n) is 5.91. The number of carbonyl (C=O) groups is 2. The van der Waals surface area contributed by atoms with Gasteiger partial charge < -0.3 is 4.74 Å². The normalized spacial score (nSPS) is 11.0. The number of benzene rings is 2. The SMILES string of the molecule is COc1ccc2c(c1)c(Cc1csc(NC(=O)c3ccncc3)n1)c(C)n2C(=O)c1ccc(Cl)cc1. The van der Waals surface area contributed by atoms with Gasteiger partial charge in [-0.25, -0.2) is 4.98 Å². The molecule has 36 heavy (non-hydrogen) atoms. The number of methoxy groups -OCH3 is 1. The van der Waals surface area contributed by atoms with Crippen LogP contribution in [-0.2, 0) is 6.42 Å². The van der Waals surface area contributed by atoms with Gasteiger partial charge in [-0.3, -0.25) is 24.5 Å². The predicted octanol–water partition coefficient (Wildman–Crippen LogP) is 5.99. The van der Waals surface area contributed by atoms with Gasteiger partial charge in [-0.1, -0.05) is 11.6 Å². The number of ether oxygens (including phenoxy) is 1. The maximum Gasteiger partial charge on any atom is 0.262 e. The van der Waals surface area contributed by atoms with Gasteiger partial charge in [0, 0.05) is 51.4 Å². The molecule has 7 nitrogen and oxygen atoms in total. The molecule has 3 heterocycles. The van der Waals surface area contributed by atoms with Crippen LogP contribution < -0.4 is 10.1 Å². The van der Waals surface area contributed by atoms with Crippen molar-refractivity contribution < 1.29 is 14.3 Å². The van der Waals surface area contributed by atoms with E-state index in [0.29, 0.717) is 33.5 Å². The molecular weight excluding hydrogens is 496 g/mol. The number of carbonyl (C=O) groups excluding carboxylic acids is 2. The number of thiazole rings is 1. The van der Waals surface area contributed by atoms with Crippen molar-refractivity contribution in [2.75, 3.05) is 12.4 Å². The second-order valence-corrected chi connectivity index (χ2v) is 9.40. The van der Waals surface area contributed by atoms with Crippen molar-refractivity contribution in [2.24, 2.45) is 0 Å². The maximum atomic E-state index is 13.5. The molecule has 0 atom stereocenters. The lowest BCUT2D eigenvalue weighted by Gasteiger charge is -2.08. The average Bonchev–Trinajstić information content (AvgIpc) is 3.45. The highest BCUT2D eigenvalue weighted by Gasteiger charge is 2.21. The molecule has 0 bridgehead atoms. The summed E-state index contributed by atoms with van der Waals surface area (Å²) in [6, 6.07) is 15.8. The lowest BCUT2D eigenvalue weighted by molar-refractivity contribution is 0.0962. The van der Waals surface area contributed by atoms with Gasteiger partial charge in [-0.2, -0.15) is 0 Å². The Morgan fingerprint density at radius 2 is 1.81 bits per heavy atom. The van der Waals surface area contributed by atoms with E-state index < -0.39 is 0 Å². The fourth-order valence-electron chi connectivity index (χ4n) is 4.10. The maximum absolute atomic E-state index is 13.5. The standard InChI is InChI=1S/C27H21ClN4O3S/c1-16-22(13-20-15-36-27(30-20)31-25(33)17-9-11-29-12-10-17)23-14-21(35-2)7-8-24(23)32(16)26(34)18-3-5-19(28)6-4-18/h3-12,14-15H,13H2,1-2H3,(H,30,31,33). The Morgan fingerprint density at radius 3 is 2.53 bits per heavy atom. The quantitative estimate of drug-likeness (QED) is 0.299. The van der Waals surface area contributed by atoms with Gasteiger partial charge in [0.05, 0.1) is 18.3 Å². The van der Waals surface area contributed by atoms with Gasteiger partial charge in [-0.15, -0.1) is 11.3 Å². The molecule has 0 radical (unpaired) electrons. The van der Waals surface area contributed by atoms with Gasteiger partial charge >= 0.3 is 0 Å². The number of amides is 1. The third kappa shape index (κ3) is 4.60. The van der Waals surface area contributed by atoms with E-state index in [-0.39, 0.29) is 11.8 Å². The van der Waals surface area contributed by atoms with Crippen molar-refractivity contribution in [3.63, 3.8) is 0 Å². The van der Waals surface area contributed by atoms with E-state index in [2.05, 4.69) is 15.3 Å². The second kappa shape index (κ2) is 9.93. The number of hydrogen-bond donors (Lipinski definition) is 1. The highest BCUT2D eigenvalue weighted by atomic mass is 35.5. The van der Waals surface area contributed by atoms with E-state index in [1.54, 1.807) is 60.5 Å². The van der Waals surface area contributed by atoms with E-state index in [4.69, 9.17) is 16.3 Å². The molecule has 1 N–H and O–H groups in total. The van der Waals surface area contributed by atoms with Crippen LogP contribution in [0.5, 0.6) is 5.75 Å². The number of nitrogens with zero attached hydrogens (tertiary/aromatic N) is 3. The van der Waals surface area contributed by atoms with Crippen LogP contribution in [0.3, 0.4) is 0 Å². The molecule has 0 saturated heterocycles. The summed E-state index contributed by atoms with van der Waals surface area (Å²) in [7, 11) is 1.61. The summed E-state index contributed by atoms with van der Waals surface area (Å²) in [6.45, 7) is 1.92. The second-order valence-electron chi connectivity index (χ2n) is 8.11. The minimum atomic E-state index is -0.246. The number of fused-ring (bicyclic) bond motifs is 1. The smallest absolute Gasteiger partial charge is 0.262 e. The van der Waals surface area contributed by atoms with Crippen molar-refractivity contribution in [2.45, 2.75) is 13.3 Å². The Labute approximate surface area is 216 Å². The Morgan fingerprint density at radius 1 is 1.06 bits per heavy atom. The molecule has 0 unspecified atom stereocenters. The van der Waals surface area contributed by atoms with Crippen molar-refractivity contribution in [3.8, 4) is 5.75 Å². The minimum Gasteiger partial charge on any atom is -0.497 e. The van der Waals surface area contributed by atoms with E-state index >= 15 is 0 Å². The van der Waals surface area contributed by atoms with Crippen LogP contribution in [-0.4, -0.2) is 33.5 Å². The van der Waals surface area contributed by atoms with E-state index in [1.807, 2.05) is 30.5 Å². The first kappa shape index (κ1) is 23.7. The lowest BCUT2D eigenvalue weighted by Crippen LogP contribution is -2.13. The molecule has 1 amide bonds. The number of nitrogens with one attached hydrogen (secondary N) is 1. The minimum absolute atomic E-state index is 0.144. The topological polar surface area (TPSA) is 86.1 Å². The van der Waals surface area contributed by atoms with E-state index in [9.17, 15) is 9.59 Å². The van der Waals surface area contributed by atoms with Crippen LogP contribution in [0.1, 0.15) is 37.7 Å². The molecule has 0 fully saturated rings. The van der Waals surface area contributed by atoms with Crippen LogP contribution in [0, 0.1) is 6.92 Å². The number of anilines is 1. The summed E-state index contributed by atoms with van der Waals surface area (Å²) in [5, 5.41) is 6.72. The van der Waals surface area contributed by atoms with Crippen LogP contribution in [0.2, 0.25) is 5.02 Å². The molecule has 0 saturated carbocycles. The molecule has 5 rings (SSSR count). The highest BCUT2D eigenvalue weighted by molar-refractivity contribution is 7.14. The number of halogens is 1. The molecule has 180 valence electrons. The Kier molecular flexibility index (Phi) is 6.54. The summed E-state index contributed by atoms with van der Waals surface area (Å²) in [6.07, 6.45) is 3.62. The van der Waals surface area contributed by atoms with Crippen LogP contribution in [0.4, 0.5) is 5.13 Å². The summed E-state index contributed by atoms with van der Waals surface area (Å²) in [4.78, 5) is 34.5. The average molecular weight is 517 g/mol. The van der Waals surface area contributed by atoms with Crippen LogP contribution in [0.25, 0.3) is 10.9 Å². The molecule has 0 aliphatic carbocycles. The summed E-state index contributed by atoms with van der Waals surface area (Å²) in [5.41, 5.74) is 4.39. The number of pyridine rings is 1. The molecule has 9 heteroatoms. The van der Waals surface area contributed by atoms with Crippen molar-refractivity contribution in [3.05, 3.63) is 105 Å². The molecule has 0 spiro atoms. The molecule has 2 aromatic carbocycles. The molecule has 3 aromatic heterocycles. The van der Waals surface area contributed by atoms with Gasteiger partial charge in [0.2, 0.25) is 0 Å². The van der Waals surface area contributed by atoms with Gasteiger partial charge in [0.25, 0.3) is 11.8 Å². The Bertz CT molecular complexity index is 1580. The summed E-state index contributed by atoms with van der Waals surface area (Å²) in [5.74, 6) is 0.307. The van der Waals surface area contributed by atoms with Gasteiger partial charge in [0.15, 0.2) is 5.13 Å². The first-order chi connectivity index (χ1) is 17.4. The molecule has 0 aliphatic rings. The number of rotatable bonds is 6. The summed E-state index contributed by atoms with van der Waals surface area (Å²) >= 11 is 7.37. The van der Waals surface area contributed by atoms with Crippen molar-refractivity contribution >= 4 is 50.8 Å². The van der Waals surface area contributed by atoms with Gasteiger partial charge in [-0.05, 0) is 67.1 Å². The largest absolute Gasteiger partial charge is 0.497 e. The fraction of sp³-hybridized carbons (Fsp3) is 0.111. The summed E-state index contributed by atoms with van der Waals surface area (Å²) < 4.78 is 7.16. The van der Waals surface area contributed by atoms with Crippen LogP contribution in [0.15, 0.2) is 72.4 Å². The first-order valence-corrected chi connectivity index (χ1v) is 12.3. The van der Waals surface area contributed by atoms with E-state index in [0.717, 1.165) is 27.9 Å². The van der Waals surface area contributed by atoms with Crippen molar-refractivity contribution in [1.29, 1.82) is 0 Å². The van der Waals surface area contributed by atoms with Crippen LogP contribution >= 0.6 is 22.9 Å². The monoisotopic (exact) mass is 516 g/mol. The number of aromatic nitrogens is 3. The highest BCUT2D eigenvalue weighted by Crippen LogP contribution is 2.32. The zero-order chi connectivity index (χ0) is 25.2. The molecular formula is C27H21ClN4O3S. The molecule has 0 aliphatic heterocycles. The Balaban J connectivity index is 1.49. The third-order valence-corrected chi connectivity index (χ3v) is 6.97.